The van der Waals surface area contributed by atoms with E-state index in [9.17, 15) is 0 Å². The van der Waals surface area contributed by atoms with Crippen LogP contribution >= 0.6 is 0 Å². The van der Waals surface area contributed by atoms with Crippen LogP contribution in [0.1, 0.15) is 16.7 Å². The van der Waals surface area contributed by atoms with Gasteiger partial charge < -0.3 is 4.57 Å². The number of aromatic nitrogens is 2. The van der Waals surface area contributed by atoms with Gasteiger partial charge in [0.1, 0.15) is 18.6 Å². The number of para-hydroxylation sites is 2. The van der Waals surface area contributed by atoms with Gasteiger partial charge in [0.15, 0.2) is 6.20 Å². The molecule has 0 spiro atoms. The minimum atomic E-state index is -0.213. The highest BCUT2D eigenvalue weighted by atomic mass is 19.1. The molecule has 0 aliphatic rings. The van der Waals surface area contributed by atoms with Crippen molar-refractivity contribution in [2.45, 2.75) is 20.8 Å². The van der Waals surface area contributed by atoms with Crippen LogP contribution in [0.25, 0.3) is 49.5 Å². The molecule has 6 rings (SSSR count). The van der Waals surface area contributed by atoms with Crippen molar-refractivity contribution >= 4 is 32.6 Å². The molecule has 0 aliphatic carbocycles. The number of aryl methyl sites for hydroxylation is 3. The SMILES string of the molecule is Cc1cc(C)c(C)c(-c2c3ccccc3c(-n3c4ccccc4c4cccc(F)c43)c[n+]2C)c1. The quantitative estimate of drug-likeness (QED) is 0.244. The molecule has 0 fully saturated rings. The van der Waals surface area contributed by atoms with Gasteiger partial charge >= 0.3 is 0 Å². The van der Waals surface area contributed by atoms with Crippen LogP contribution in [-0.2, 0) is 7.05 Å². The van der Waals surface area contributed by atoms with Crippen LogP contribution in [0.3, 0.4) is 0 Å². The van der Waals surface area contributed by atoms with Crippen molar-refractivity contribution in [3.05, 3.63) is 108 Å². The molecular weight excluding hydrogens is 419 g/mol. The molecule has 6 aromatic rings. The van der Waals surface area contributed by atoms with Crippen LogP contribution < -0.4 is 4.57 Å². The number of pyridine rings is 1. The van der Waals surface area contributed by atoms with E-state index in [0.717, 1.165) is 32.7 Å². The molecule has 0 amide bonds. The minimum absolute atomic E-state index is 0.213. The van der Waals surface area contributed by atoms with Crippen LogP contribution in [0.4, 0.5) is 4.39 Å². The topological polar surface area (TPSA) is 8.81 Å². The lowest BCUT2D eigenvalue weighted by Gasteiger charge is -2.15. The molecule has 0 N–H and O–H groups in total. The molecule has 0 saturated carbocycles. The molecule has 2 nitrogen and oxygen atoms in total. The monoisotopic (exact) mass is 445 g/mol. The Bertz CT molecular complexity index is 1760. The number of rotatable bonds is 2. The van der Waals surface area contributed by atoms with Crippen molar-refractivity contribution in [1.29, 1.82) is 0 Å². The number of nitrogens with zero attached hydrogens (tertiary/aromatic N) is 2. The van der Waals surface area contributed by atoms with Gasteiger partial charge in [-0.15, -0.1) is 0 Å². The van der Waals surface area contributed by atoms with Crippen LogP contribution in [0.5, 0.6) is 0 Å². The molecule has 34 heavy (non-hydrogen) atoms. The van der Waals surface area contributed by atoms with Crippen molar-refractivity contribution in [2.75, 3.05) is 0 Å². The molecule has 3 heteroatoms. The third-order valence-corrected chi connectivity index (χ3v) is 7.08. The second-order valence-electron chi connectivity index (χ2n) is 9.26. The van der Waals surface area contributed by atoms with Crippen molar-refractivity contribution < 1.29 is 8.96 Å². The zero-order valence-corrected chi connectivity index (χ0v) is 19.9. The van der Waals surface area contributed by atoms with E-state index in [4.69, 9.17) is 0 Å². The van der Waals surface area contributed by atoms with Crippen LogP contribution in [0.15, 0.2) is 85.1 Å². The predicted octanol–water partition coefficient (Wildman–Crippen LogP) is 7.49. The Morgan fingerprint density at radius 2 is 1.41 bits per heavy atom. The molecular formula is C31H26FN2+. The lowest BCUT2D eigenvalue weighted by atomic mass is 9.94. The van der Waals surface area contributed by atoms with Crippen LogP contribution in [0, 0.1) is 26.6 Å². The van der Waals surface area contributed by atoms with Crippen molar-refractivity contribution in [2.24, 2.45) is 7.05 Å². The summed E-state index contributed by atoms with van der Waals surface area (Å²) in [6, 6.07) is 26.5. The van der Waals surface area contributed by atoms with Gasteiger partial charge in [-0.1, -0.05) is 60.2 Å². The molecule has 0 bridgehead atoms. The third-order valence-electron chi connectivity index (χ3n) is 7.08. The average Bonchev–Trinajstić information content (AvgIpc) is 3.17. The lowest BCUT2D eigenvalue weighted by molar-refractivity contribution is -0.658. The summed E-state index contributed by atoms with van der Waals surface area (Å²) in [5.74, 6) is -0.213. The Labute approximate surface area is 198 Å². The summed E-state index contributed by atoms with van der Waals surface area (Å²) in [5.41, 5.74) is 8.80. The standard InChI is InChI=1S/C31H26FN2/c1-19-16-20(2)21(3)26(17-19)30-24-12-6-5-11-23(24)29(18-33(30)4)34-28-15-8-7-10-22(28)25-13-9-14-27(32)31(25)34/h5-18H,1-4H3/q+1. The number of benzene rings is 4. The first-order chi connectivity index (χ1) is 16.5. The summed E-state index contributed by atoms with van der Waals surface area (Å²) in [5, 5.41) is 4.23. The zero-order valence-electron chi connectivity index (χ0n) is 19.9. The summed E-state index contributed by atoms with van der Waals surface area (Å²) in [4.78, 5) is 0. The van der Waals surface area contributed by atoms with Crippen LogP contribution in [-0.4, -0.2) is 4.57 Å². The fourth-order valence-electron chi connectivity index (χ4n) is 5.45. The van der Waals surface area contributed by atoms with Gasteiger partial charge in [-0.2, -0.15) is 4.57 Å². The molecule has 2 aromatic heterocycles. The highest BCUT2D eigenvalue weighted by molar-refractivity contribution is 6.11. The van der Waals surface area contributed by atoms with Gasteiger partial charge in [-0.3, -0.25) is 0 Å². The normalized spacial score (nSPS) is 11.7. The molecule has 0 unspecified atom stereocenters. The smallest absolute Gasteiger partial charge is 0.220 e. The first-order valence-electron chi connectivity index (χ1n) is 11.6. The van der Waals surface area contributed by atoms with Gasteiger partial charge in [0, 0.05) is 16.2 Å². The largest absolute Gasteiger partial charge is 0.301 e. The first-order valence-corrected chi connectivity index (χ1v) is 11.6. The van der Waals surface area contributed by atoms with E-state index in [-0.39, 0.29) is 5.82 Å². The average molecular weight is 446 g/mol. The van der Waals surface area contributed by atoms with E-state index in [1.165, 1.54) is 27.9 Å². The minimum Gasteiger partial charge on any atom is -0.301 e. The summed E-state index contributed by atoms with van der Waals surface area (Å²) >= 11 is 0. The number of hydrogen-bond donors (Lipinski definition) is 0. The van der Waals surface area contributed by atoms with Gasteiger partial charge in [0.2, 0.25) is 5.69 Å². The Kier molecular flexibility index (Phi) is 4.56. The molecule has 4 aromatic carbocycles. The number of halogens is 1. The third kappa shape index (κ3) is 2.90. The summed E-state index contributed by atoms with van der Waals surface area (Å²) in [7, 11) is 2.09. The Morgan fingerprint density at radius 1 is 0.735 bits per heavy atom. The molecule has 0 aliphatic heterocycles. The fourth-order valence-corrected chi connectivity index (χ4v) is 5.45. The van der Waals surface area contributed by atoms with Crippen molar-refractivity contribution in [3.63, 3.8) is 0 Å². The van der Waals surface area contributed by atoms with Gasteiger partial charge in [-0.25, -0.2) is 4.39 Å². The molecule has 2 heterocycles. The Morgan fingerprint density at radius 3 is 2.21 bits per heavy atom. The fraction of sp³-hybridized carbons (Fsp3) is 0.129. The van der Waals surface area contributed by atoms with E-state index in [1.807, 2.05) is 18.2 Å². The lowest BCUT2D eigenvalue weighted by Crippen LogP contribution is -2.32. The maximum atomic E-state index is 15.3. The summed E-state index contributed by atoms with van der Waals surface area (Å²) in [6.45, 7) is 6.51. The van der Waals surface area contributed by atoms with Crippen molar-refractivity contribution in [3.8, 4) is 16.9 Å². The summed E-state index contributed by atoms with van der Waals surface area (Å²) < 4.78 is 19.6. The van der Waals surface area contributed by atoms with E-state index < -0.39 is 0 Å². The maximum Gasteiger partial charge on any atom is 0.220 e. The molecule has 0 radical (unpaired) electrons. The first kappa shape index (κ1) is 20.6. The predicted molar refractivity (Wildman–Crippen MR) is 139 cm³/mol. The highest BCUT2D eigenvalue weighted by Crippen LogP contribution is 2.38. The second kappa shape index (κ2) is 7.53. The van der Waals surface area contributed by atoms with E-state index in [1.54, 1.807) is 12.1 Å². The summed E-state index contributed by atoms with van der Waals surface area (Å²) in [6.07, 6.45) is 2.15. The molecule has 0 atom stereocenters. The Hall–Kier alpha value is -3.98. The van der Waals surface area contributed by atoms with E-state index in [2.05, 4.69) is 91.7 Å². The van der Waals surface area contributed by atoms with E-state index in [0.29, 0.717) is 5.52 Å². The van der Waals surface area contributed by atoms with Gasteiger partial charge in [-0.05, 0) is 56.2 Å². The van der Waals surface area contributed by atoms with Gasteiger partial charge in [0.05, 0.1) is 22.0 Å². The van der Waals surface area contributed by atoms with Gasteiger partial charge in [0.25, 0.3) is 0 Å². The van der Waals surface area contributed by atoms with Crippen molar-refractivity contribution in [1.82, 2.24) is 4.57 Å². The number of fused-ring (bicyclic) bond motifs is 4. The highest BCUT2D eigenvalue weighted by Gasteiger charge is 2.24. The second-order valence-corrected chi connectivity index (χ2v) is 9.26. The van der Waals surface area contributed by atoms with Crippen LogP contribution in [0.2, 0.25) is 0 Å². The zero-order chi connectivity index (χ0) is 23.6. The molecule has 0 saturated heterocycles. The van der Waals surface area contributed by atoms with E-state index >= 15 is 4.39 Å². The maximum absolute atomic E-state index is 15.3. The Balaban J connectivity index is 1.78. The molecule has 166 valence electrons. The number of hydrogen-bond acceptors (Lipinski definition) is 0.